The van der Waals surface area contributed by atoms with Crippen molar-refractivity contribution < 1.29 is 19.4 Å². The quantitative estimate of drug-likeness (QED) is 0.460. The predicted octanol–water partition coefficient (Wildman–Crippen LogP) is 1.69. The highest BCUT2D eigenvalue weighted by molar-refractivity contribution is 5.87. The maximum absolute atomic E-state index is 11.7. The minimum Gasteiger partial charge on any atom is -0.472 e. The van der Waals surface area contributed by atoms with E-state index in [2.05, 4.69) is 11.8 Å². The van der Waals surface area contributed by atoms with E-state index in [9.17, 15) is 9.59 Å². The van der Waals surface area contributed by atoms with E-state index in [1.165, 1.54) is 0 Å². The van der Waals surface area contributed by atoms with Gasteiger partial charge in [-0.3, -0.25) is 4.79 Å². The Hall–Kier alpha value is -1.50. The van der Waals surface area contributed by atoms with Crippen molar-refractivity contribution in [3.05, 3.63) is 0 Å². The van der Waals surface area contributed by atoms with Gasteiger partial charge in [0.1, 0.15) is 0 Å². The molecule has 0 saturated heterocycles. The fraction of sp³-hybridized carbons (Fsp3) is 0.692. The first-order valence-electron chi connectivity index (χ1n) is 5.82. The lowest BCUT2D eigenvalue weighted by atomic mass is 10.1. The van der Waals surface area contributed by atoms with Gasteiger partial charge in [-0.1, -0.05) is 33.1 Å². The maximum atomic E-state index is 11.7. The molecular weight excluding hydrogens is 220 g/mol. The van der Waals surface area contributed by atoms with Gasteiger partial charge in [0.2, 0.25) is 0 Å². The van der Waals surface area contributed by atoms with Crippen LogP contribution < -0.4 is 0 Å². The monoisotopic (exact) mass is 238 g/mol. The Morgan fingerprint density at radius 2 is 2.06 bits per heavy atom. The van der Waals surface area contributed by atoms with Crippen LogP contribution in [-0.4, -0.2) is 23.7 Å². The van der Waals surface area contributed by atoms with Crippen molar-refractivity contribution in [3.63, 3.8) is 0 Å². The van der Waals surface area contributed by atoms with Gasteiger partial charge in [-0.2, -0.15) is 0 Å². The standard InChI is InChI=1S/C13H18O4/c1-4-5-8-17-12(16)11-9(13(11,2)3)6-7-10(14)15/h9,11H,4-5,8H2,1-3H3,(H,14,15)/t9-,11-/m0/s1. The number of aliphatic carboxylic acids is 1. The molecular formula is C13H18O4. The Morgan fingerprint density at radius 1 is 1.41 bits per heavy atom. The average molecular weight is 238 g/mol. The number of ether oxygens (including phenoxy) is 1. The third-order valence-electron chi connectivity index (χ3n) is 3.16. The van der Waals surface area contributed by atoms with Gasteiger partial charge in [0.25, 0.3) is 0 Å². The number of rotatable bonds is 4. The second-order valence-corrected chi connectivity index (χ2v) is 4.87. The zero-order chi connectivity index (χ0) is 13.1. The Labute approximate surface area is 101 Å². The third kappa shape index (κ3) is 3.23. The molecule has 0 unspecified atom stereocenters. The molecule has 4 nitrogen and oxygen atoms in total. The van der Waals surface area contributed by atoms with Crippen molar-refractivity contribution in [3.8, 4) is 11.8 Å². The summed E-state index contributed by atoms with van der Waals surface area (Å²) >= 11 is 0. The summed E-state index contributed by atoms with van der Waals surface area (Å²) in [6.45, 7) is 6.26. The molecule has 17 heavy (non-hydrogen) atoms. The SMILES string of the molecule is CCCCOC(=O)[C@@H]1[C@H](C#CC(=O)O)C1(C)C. The van der Waals surface area contributed by atoms with Gasteiger partial charge in [0.15, 0.2) is 0 Å². The molecule has 1 fully saturated rings. The zero-order valence-corrected chi connectivity index (χ0v) is 10.4. The van der Waals surface area contributed by atoms with Crippen LogP contribution in [0.5, 0.6) is 0 Å². The summed E-state index contributed by atoms with van der Waals surface area (Å²) < 4.78 is 5.12. The molecule has 1 aliphatic carbocycles. The number of unbranched alkanes of at least 4 members (excludes halogenated alkanes) is 1. The fourth-order valence-electron chi connectivity index (χ4n) is 1.89. The molecule has 94 valence electrons. The number of carbonyl (C=O) groups excluding carboxylic acids is 1. The van der Waals surface area contributed by atoms with Crippen molar-refractivity contribution in [2.45, 2.75) is 33.6 Å². The topological polar surface area (TPSA) is 63.6 Å². The van der Waals surface area contributed by atoms with Crippen LogP contribution in [0, 0.1) is 29.1 Å². The highest BCUT2D eigenvalue weighted by atomic mass is 16.5. The van der Waals surface area contributed by atoms with E-state index in [0.29, 0.717) is 6.61 Å². The smallest absolute Gasteiger partial charge is 0.381 e. The average Bonchev–Trinajstić information content (AvgIpc) is 2.77. The Bertz CT molecular complexity index is 373. The van der Waals surface area contributed by atoms with Crippen molar-refractivity contribution in [1.29, 1.82) is 0 Å². The van der Waals surface area contributed by atoms with Crippen LogP contribution in [0.1, 0.15) is 33.6 Å². The molecule has 0 aromatic heterocycles. The maximum Gasteiger partial charge on any atom is 0.381 e. The zero-order valence-electron chi connectivity index (χ0n) is 10.4. The lowest BCUT2D eigenvalue weighted by Crippen LogP contribution is -2.11. The number of esters is 1. The first kappa shape index (κ1) is 13.6. The predicted molar refractivity (Wildman–Crippen MR) is 62.0 cm³/mol. The molecule has 0 bridgehead atoms. The minimum absolute atomic E-state index is 0.201. The summed E-state index contributed by atoms with van der Waals surface area (Å²) in [6.07, 6.45) is 1.83. The van der Waals surface area contributed by atoms with Gasteiger partial charge in [0.05, 0.1) is 12.5 Å². The Morgan fingerprint density at radius 3 is 2.59 bits per heavy atom. The molecule has 0 amide bonds. The molecule has 0 aromatic rings. The molecule has 0 aromatic carbocycles. The molecule has 0 aliphatic heterocycles. The van der Waals surface area contributed by atoms with Crippen LogP contribution in [0.4, 0.5) is 0 Å². The van der Waals surface area contributed by atoms with Gasteiger partial charge in [0, 0.05) is 11.8 Å². The number of hydrogen-bond acceptors (Lipinski definition) is 3. The van der Waals surface area contributed by atoms with E-state index in [1.54, 1.807) is 0 Å². The molecule has 4 heteroatoms. The van der Waals surface area contributed by atoms with Crippen molar-refractivity contribution >= 4 is 11.9 Å². The minimum atomic E-state index is -1.16. The number of carboxylic acids is 1. The van der Waals surface area contributed by atoms with E-state index in [-0.39, 0.29) is 23.2 Å². The molecule has 2 atom stereocenters. The summed E-state index contributed by atoms with van der Waals surface area (Å²) in [6, 6.07) is 0. The molecule has 0 radical (unpaired) electrons. The van der Waals surface area contributed by atoms with Crippen LogP contribution in [0.25, 0.3) is 0 Å². The van der Waals surface area contributed by atoms with Crippen LogP contribution in [0.15, 0.2) is 0 Å². The van der Waals surface area contributed by atoms with E-state index in [0.717, 1.165) is 12.8 Å². The summed E-state index contributed by atoms with van der Waals surface area (Å²) in [5, 5.41) is 8.47. The van der Waals surface area contributed by atoms with E-state index in [4.69, 9.17) is 9.84 Å². The van der Waals surface area contributed by atoms with Gasteiger partial charge in [-0.25, -0.2) is 4.79 Å². The van der Waals surface area contributed by atoms with E-state index in [1.807, 2.05) is 20.8 Å². The molecule has 0 spiro atoms. The third-order valence-corrected chi connectivity index (χ3v) is 3.16. The molecule has 1 aliphatic rings. The molecule has 1 saturated carbocycles. The normalized spacial score (nSPS) is 24.4. The summed E-state index contributed by atoms with van der Waals surface area (Å²) in [4.78, 5) is 22.1. The van der Waals surface area contributed by atoms with Crippen molar-refractivity contribution in [2.75, 3.05) is 6.61 Å². The van der Waals surface area contributed by atoms with E-state index >= 15 is 0 Å². The number of carbonyl (C=O) groups is 2. The first-order valence-corrected chi connectivity index (χ1v) is 5.82. The van der Waals surface area contributed by atoms with Crippen LogP contribution >= 0.6 is 0 Å². The Balaban J connectivity index is 2.53. The fourth-order valence-corrected chi connectivity index (χ4v) is 1.89. The lowest BCUT2D eigenvalue weighted by molar-refractivity contribution is -0.146. The largest absolute Gasteiger partial charge is 0.472 e. The summed E-state index contributed by atoms with van der Waals surface area (Å²) in [5.41, 5.74) is -0.272. The summed E-state index contributed by atoms with van der Waals surface area (Å²) in [7, 11) is 0. The summed E-state index contributed by atoms with van der Waals surface area (Å²) in [5.74, 6) is 2.79. The Kier molecular flexibility index (Phi) is 4.17. The van der Waals surface area contributed by atoms with Crippen molar-refractivity contribution in [1.82, 2.24) is 0 Å². The van der Waals surface area contributed by atoms with Gasteiger partial charge in [-0.15, -0.1) is 0 Å². The second kappa shape index (κ2) is 5.22. The van der Waals surface area contributed by atoms with E-state index < -0.39 is 5.97 Å². The first-order chi connectivity index (χ1) is 7.91. The van der Waals surface area contributed by atoms with Crippen LogP contribution in [-0.2, 0) is 14.3 Å². The van der Waals surface area contributed by atoms with Gasteiger partial charge < -0.3 is 9.84 Å². The highest BCUT2D eigenvalue weighted by Crippen LogP contribution is 2.58. The molecule has 0 heterocycles. The van der Waals surface area contributed by atoms with Gasteiger partial charge >= 0.3 is 11.9 Å². The molecule has 1 rings (SSSR count). The van der Waals surface area contributed by atoms with Gasteiger partial charge in [-0.05, 0) is 11.8 Å². The number of carboxylic acid groups (broad SMARTS) is 1. The highest BCUT2D eigenvalue weighted by Gasteiger charge is 2.62. The van der Waals surface area contributed by atoms with Crippen molar-refractivity contribution in [2.24, 2.45) is 17.3 Å². The second-order valence-electron chi connectivity index (χ2n) is 4.87. The number of hydrogen-bond donors (Lipinski definition) is 1. The lowest BCUT2D eigenvalue weighted by Gasteiger charge is -2.03. The van der Waals surface area contributed by atoms with Crippen LogP contribution in [0.3, 0.4) is 0 Å². The molecule has 1 N–H and O–H groups in total. The van der Waals surface area contributed by atoms with Crippen LogP contribution in [0.2, 0.25) is 0 Å².